The number of hydrogen-bond donors (Lipinski definition) is 0. The van der Waals surface area contributed by atoms with E-state index >= 15 is 0 Å². The fourth-order valence-corrected chi connectivity index (χ4v) is 7.35. The first kappa shape index (κ1) is 52.2. The highest BCUT2D eigenvalue weighted by atomic mass is 19.4. The molecule has 3 aromatic carbocycles. The number of carbonyl (C=O) groups is 4. The van der Waals surface area contributed by atoms with Gasteiger partial charge in [0.25, 0.3) is 16.8 Å². The fraction of sp³-hybridized carbons (Fsp3) is 0.467. The quantitative estimate of drug-likeness (QED) is 0.0590. The largest absolute Gasteiger partial charge is 0.460 e. The molecule has 0 aliphatic carbocycles. The first-order chi connectivity index (χ1) is 30.5. The minimum atomic E-state index is -5.42. The number of halogens is 9. The lowest BCUT2D eigenvalue weighted by Crippen LogP contribution is -2.54. The summed E-state index contributed by atoms with van der Waals surface area (Å²) in [6, 6.07) is 17.5. The van der Waals surface area contributed by atoms with Crippen LogP contribution in [0.1, 0.15) is 62.6 Å². The molecule has 65 heavy (non-hydrogen) atoms. The lowest BCUT2D eigenvalue weighted by Gasteiger charge is -2.36. The third-order valence-electron chi connectivity index (χ3n) is 10.9. The van der Waals surface area contributed by atoms with Crippen LogP contribution in [0.4, 0.5) is 39.5 Å². The van der Waals surface area contributed by atoms with Gasteiger partial charge in [-0.3, -0.25) is 4.79 Å². The predicted molar refractivity (Wildman–Crippen MR) is 210 cm³/mol. The van der Waals surface area contributed by atoms with Crippen molar-refractivity contribution >= 4 is 23.9 Å². The molecule has 0 spiro atoms. The molecule has 0 saturated carbocycles. The van der Waals surface area contributed by atoms with E-state index in [0.717, 1.165) is 49.4 Å². The van der Waals surface area contributed by atoms with Crippen LogP contribution in [0.2, 0.25) is 0 Å². The standard InChI is InChI=1S/C45H47F9O11/c1-28(62-37(56)40(59-3,43(46,47)48)30-19-9-6-10-20-30)18-17-27-34-35(65-39(58)42(61-5,45(52,53)54)32-23-13-8-14-24-32)26-16-15-25-33(29(2)36(55)63-34)64-38(57)41(60-4,44(49,50)51)31-21-11-7-12-22-31/h6-15,19-25,28-29,33-35H,16-18,26-27H2,1-5H3/b25-15+/t28-,29+,33+,34+,35-,40-,41-,42-/m0/s1. The van der Waals surface area contributed by atoms with Crippen LogP contribution < -0.4 is 0 Å². The van der Waals surface area contributed by atoms with E-state index in [9.17, 15) is 58.7 Å². The lowest BCUT2D eigenvalue weighted by atomic mass is 9.92. The maximum Gasteiger partial charge on any atom is 0.432 e. The zero-order chi connectivity index (χ0) is 48.4. The Kier molecular flexibility index (Phi) is 17.0. The molecule has 0 fully saturated rings. The van der Waals surface area contributed by atoms with Gasteiger partial charge in [-0.05, 0) is 52.0 Å². The van der Waals surface area contributed by atoms with Gasteiger partial charge in [0.15, 0.2) is 0 Å². The highest BCUT2D eigenvalue weighted by Gasteiger charge is 2.66. The summed E-state index contributed by atoms with van der Waals surface area (Å²) in [6.07, 6.45) is -21.7. The van der Waals surface area contributed by atoms with Gasteiger partial charge in [0, 0.05) is 38.0 Å². The summed E-state index contributed by atoms with van der Waals surface area (Å²) in [5.41, 5.74) is -12.8. The van der Waals surface area contributed by atoms with E-state index in [-0.39, 0.29) is 19.3 Å². The van der Waals surface area contributed by atoms with E-state index in [0.29, 0.717) is 21.3 Å². The highest BCUT2D eigenvalue weighted by Crippen LogP contribution is 2.46. The van der Waals surface area contributed by atoms with Crippen molar-refractivity contribution in [1.82, 2.24) is 0 Å². The second kappa shape index (κ2) is 21.2. The Morgan fingerprint density at radius 3 is 1.45 bits per heavy atom. The second-order valence-corrected chi connectivity index (χ2v) is 15.0. The first-order valence-electron chi connectivity index (χ1n) is 20.0. The number of allylic oxidation sites excluding steroid dienone is 1. The Bertz CT molecular complexity index is 2080. The van der Waals surface area contributed by atoms with Crippen molar-refractivity contribution in [3.05, 3.63) is 120 Å². The summed E-state index contributed by atoms with van der Waals surface area (Å²) in [6.45, 7) is 2.37. The Hall–Kier alpha value is -5.47. The molecular weight excluding hydrogens is 887 g/mol. The molecule has 0 amide bonds. The molecule has 0 aromatic heterocycles. The van der Waals surface area contributed by atoms with E-state index in [1.807, 2.05) is 0 Å². The molecule has 1 aliphatic heterocycles. The van der Waals surface area contributed by atoms with E-state index in [2.05, 4.69) is 0 Å². The topological polar surface area (TPSA) is 133 Å². The van der Waals surface area contributed by atoms with Gasteiger partial charge in [-0.25, -0.2) is 14.4 Å². The number of carbonyl (C=O) groups excluding carboxylic acids is 4. The SMILES string of the molecule is CO[C@](C(=O)O[C@H]1CC/C=C/[C@@H](OC(=O)[C@@](OC)(c2ccccc2)C(F)(F)F)[C@@H](C)C(=O)O[C@@H]1CCC[C@H](C)OC(=O)[C@@](OC)(c1ccccc1)C(F)(F)F)(c1ccccc1)C(F)(F)F. The molecule has 0 bridgehead atoms. The van der Waals surface area contributed by atoms with Crippen LogP contribution in [-0.4, -0.2) is 88.2 Å². The molecule has 4 rings (SSSR count). The summed E-state index contributed by atoms with van der Waals surface area (Å²) in [7, 11) is 1.94. The molecule has 11 nitrogen and oxygen atoms in total. The molecule has 3 aromatic rings. The molecule has 0 N–H and O–H groups in total. The zero-order valence-corrected chi connectivity index (χ0v) is 35.6. The van der Waals surface area contributed by atoms with Crippen molar-refractivity contribution in [3.63, 3.8) is 0 Å². The number of ether oxygens (including phenoxy) is 7. The van der Waals surface area contributed by atoms with Crippen molar-refractivity contribution in [3.8, 4) is 0 Å². The van der Waals surface area contributed by atoms with Crippen LogP contribution in [0.15, 0.2) is 103 Å². The van der Waals surface area contributed by atoms with Gasteiger partial charge in [0.2, 0.25) is 0 Å². The molecule has 0 unspecified atom stereocenters. The van der Waals surface area contributed by atoms with Crippen LogP contribution in [0.3, 0.4) is 0 Å². The Morgan fingerprint density at radius 1 is 0.646 bits per heavy atom. The molecule has 0 radical (unpaired) electrons. The molecule has 20 heteroatoms. The van der Waals surface area contributed by atoms with Gasteiger partial charge >= 0.3 is 42.4 Å². The molecule has 1 aliphatic rings. The number of methoxy groups -OCH3 is 3. The third kappa shape index (κ3) is 10.8. The van der Waals surface area contributed by atoms with Crippen LogP contribution in [0, 0.1) is 5.92 Å². The van der Waals surface area contributed by atoms with E-state index in [1.54, 1.807) is 0 Å². The van der Waals surface area contributed by atoms with Crippen LogP contribution >= 0.6 is 0 Å². The van der Waals surface area contributed by atoms with Gasteiger partial charge in [-0.1, -0.05) is 97.1 Å². The maximum absolute atomic E-state index is 14.9. The minimum Gasteiger partial charge on any atom is -0.460 e. The summed E-state index contributed by atoms with van der Waals surface area (Å²) in [5, 5.41) is 0. The van der Waals surface area contributed by atoms with Gasteiger partial charge in [-0.15, -0.1) is 0 Å². The maximum atomic E-state index is 14.9. The number of cyclic esters (lactones) is 1. The lowest BCUT2D eigenvalue weighted by molar-refractivity contribution is -0.281. The molecule has 356 valence electrons. The number of benzene rings is 3. The average Bonchev–Trinajstić information content (AvgIpc) is 3.24. The Labute approximate surface area is 368 Å². The highest BCUT2D eigenvalue weighted by molar-refractivity contribution is 5.85. The number of esters is 4. The summed E-state index contributed by atoms with van der Waals surface area (Å²) >= 11 is 0. The van der Waals surface area contributed by atoms with Gasteiger partial charge in [0.05, 0.1) is 12.0 Å². The minimum absolute atomic E-state index is 0.202. The van der Waals surface area contributed by atoms with E-state index in [1.165, 1.54) is 67.6 Å². The Morgan fingerprint density at radius 2 is 1.05 bits per heavy atom. The fourth-order valence-electron chi connectivity index (χ4n) is 7.35. The second-order valence-electron chi connectivity index (χ2n) is 15.0. The summed E-state index contributed by atoms with van der Waals surface area (Å²) in [5.74, 6) is -8.62. The normalized spacial score (nSPS) is 22.4. The van der Waals surface area contributed by atoms with Crippen molar-refractivity contribution in [2.45, 2.75) is 106 Å². The number of rotatable bonds is 16. The summed E-state index contributed by atoms with van der Waals surface area (Å²) in [4.78, 5) is 54.5. The van der Waals surface area contributed by atoms with E-state index < -0.39 is 119 Å². The smallest absolute Gasteiger partial charge is 0.432 e. The van der Waals surface area contributed by atoms with Crippen LogP contribution in [0.25, 0.3) is 0 Å². The van der Waals surface area contributed by atoms with Gasteiger partial charge in [-0.2, -0.15) is 39.5 Å². The van der Waals surface area contributed by atoms with Crippen LogP contribution in [0.5, 0.6) is 0 Å². The molecule has 1 heterocycles. The van der Waals surface area contributed by atoms with Gasteiger partial charge in [0.1, 0.15) is 18.3 Å². The third-order valence-corrected chi connectivity index (χ3v) is 10.9. The van der Waals surface area contributed by atoms with Crippen molar-refractivity contribution in [2.24, 2.45) is 5.92 Å². The van der Waals surface area contributed by atoms with Crippen LogP contribution in [-0.2, 0) is 69.1 Å². The predicted octanol–water partition coefficient (Wildman–Crippen LogP) is 9.12. The first-order valence-corrected chi connectivity index (χ1v) is 20.0. The van der Waals surface area contributed by atoms with Crippen molar-refractivity contribution < 1.29 is 91.8 Å². The van der Waals surface area contributed by atoms with Crippen molar-refractivity contribution in [2.75, 3.05) is 21.3 Å². The van der Waals surface area contributed by atoms with E-state index in [4.69, 9.17) is 33.2 Å². The molecule has 8 atom stereocenters. The molecular formula is C45H47F9O11. The number of hydrogen-bond acceptors (Lipinski definition) is 11. The van der Waals surface area contributed by atoms with Crippen molar-refractivity contribution in [1.29, 1.82) is 0 Å². The average molecular weight is 935 g/mol. The monoisotopic (exact) mass is 934 g/mol. The number of alkyl halides is 9. The summed E-state index contributed by atoms with van der Waals surface area (Å²) < 4.78 is 169. The molecule has 0 saturated heterocycles. The van der Waals surface area contributed by atoms with Gasteiger partial charge < -0.3 is 33.2 Å². The Balaban J connectivity index is 1.67. The zero-order valence-electron chi connectivity index (χ0n) is 35.6.